The van der Waals surface area contributed by atoms with Crippen molar-refractivity contribution in [1.29, 1.82) is 0 Å². The molecule has 1 amide bonds. The zero-order valence-electron chi connectivity index (χ0n) is 13.5. The minimum absolute atomic E-state index is 0.119. The number of sulfonamides is 1. The van der Waals surface area contributed by atoms with Gasteiger partial charge in [0.2, 0.25) is 15.9 Å². The fraction of sp³-hybridized carbons (Fsp3) is 0.278. The van der Waals surface area contributed by atoms with Gasteiger partial charge >= 0.3 is 0 Å². The zero-order valence-corrected chi connectivity index (χ0v) is 14.3. The van der Waals surface area contributed by atoms with Crippen molar-refractivity contribution in [2.24, 2.45) is 0 Å². The Labute approximate surface area is 142 Å². The molecule has 0 aromatic heterocycles. The first-order chi connectivity index (χ1) is 11.5. The first kappa shape index (κ1) is 16.7. The van der Waals surface area contributed by atoms with E-state index in [1.807, 2.05) is 30.3 Å². The van der Waals surface area contributed by atoms with E-state index in [1.54, 1.807) is 28.6 Å². The second kappa shape index (κ2) is 6.75. The van der Waals surface area contributed by atoms with Gasteiger partial charge in [-0.25, -0.2) is 8.42 Å². The van der Waals surface area contributed by atoms with Gasteiger partial charge in [0.1, 0.15) is 0 Å². The molecule has 3 rings (SSSR count). The number of nitrogens with one attached hydrogen (secondary N) is 1. The Morgan fingerprint density at radius 2 is 1.75 bits per heavy atom. The second-order valence-electron chi connectivity index (χ2n) is 5.89. The molecule has 5 nitrogen and oxygen atoms in total. The van der Waals surface area contributed by atoms with Crippen LogP contribution >= 0.6 is 0 Å². The first-order valence-electron chi connectivity index (χ1n) is 7.93. The quantitative estimate of drug-likeness (QED) is 0.926. The standard InChI is InChI=1S/C18H20N2O3S/c1-14(21)19-16-9-11-17(12-10-16)24(22,23)20-13-5-8-18(20)15-6-3-2-4-7-15/h2-4,6-7,9-12,18H,5,8,13H2,1H3,(H,19,21)/t18-/m1/s1. The molecule has 1 aliphatic heterocycles. The molecule has 0 aliphatic carbocycles. The van der Waals surface area contributed by atoms with Crippen molar-refractivity contribution >= 4 is 21.6 Å². The number of nitrogens with zero attached hydrogens (tertiary/aromatic N) is 1. The molecule has 1 saturated heterocycles. The third kappa shape index (κ3) is 3.34. The van der Waals surface area contributed by atoms with Gasteiger partial charge in [0.25, 0.3) is 0 Å². The van der Waals surface area contributed by atoms with E-state index < -0.39 is 10.0 Å². The highest BCUT2D eigenvalue weighted by Gasteiger charge is 2.35. The zero-order chi connectivity index (χ0) is 17.2. The summed E-state index contributed by atoms with van der Waals surface area (Å²) in [7, 11) is -3.56. The van der Waals surface area contributed by atoms with Gasteiger partial charge in [-0.15, -0.1) is 0 Å². The molecule has 0 bridgehead atoms. The number of rotatable bonds is 4. The van der Waals surface area contributed by atoms with Crippen LogP contribution in [0.1, 0.15) is 31.4 Å². The van der Waals surface area contributed by atoms with Gasteiger partial charge in [0, 0.05) is 19.2 Å². The average Bonchev–Trinajstić information content (AvgIpc) is 3.06. The summed E-state index contributed by atoms with van der Waals surface area (Å²) in [6, 6.07) is 15.9. The highest BCUT2D eigenvalue weighted by Crippen LogP contribution is 2.36. The van der Waals surface area contributed by atoms with Gasteiger partial charge in [-0.1, -0.05) is 30.3 Å². The third-order valence-electron chi connectivity index (χ3n) is 4.17. The van der Waals surface area contributed by atoms with Crippen LogP contribution in [-0.2, 0) is 14.8 Å². The van der Waals surface area contributed by atoms with Crippen LogP contribution < -0.4 is 5.32 Å². The summed E-state index contributed by atoms with van der Waals surface area (Å²) in [5.41, 5.74) is 1.61. The van der Waals surface area contributed by atoms with Crippen LogP contribution in [0.15, 0.2) is 59.5 Å². The second-order valence-corrected chi connectivity index (χ2v) is 7.78. The van der Waals surface area contributed by atoms with E-state index in [0.717, 1.165) is 18.4 Å². The summed E-state index contributed by atoms with van der Waals surface area (Å²) in [6.07, 6.45) is 1.68. The number of hydrogen-bond acceptors (Lipinski definition) is 3. The minimum atomic E-state index is -3.56. The molecule has 1 aliphatic rings. The molecule has 2 aromatic carbocycles. The molecule has 0 radical (unpaired) electrons. The number of hydrogen-bond donors (Lipinski definition) is 1. The largest absolute Gasteiger partial charge is 0.326 e. The van der Waals surface area contributed by atoms with Gasteiger partial charge in [0.05, 0.1) is 10.9 Å². The highest BCUT2D eigenvalue weighted by molar-refractivity contribution is 7.89. The molecule has 24 heavy (non-hydrogen) atoms. The van der Waals surface area contributed by atoms with Crippen LogP contribution in [0.25, 0.3) is 0 Å². The fourth-order valence-electron chi connectivity index (χ4n) is 3.09. The number of benzene rings is 2. The molecule has 0 saturated carbocycles. The summed E-state index contributed by atoms with van der Waals surface area (Å²) in [4.78, 5) is 11.3. The van der Waals surface area contributed by atoms with Gasteiger partial charge < -0.3 is 5.32 Å². The molecule has 6 heteroatoms. The van der Waals surface area contributed by atoms with E-state index in [2.05, 4.69) is 5.32 Å². The predicted octanol–water partition coefficient (Wildman–Crippen LogP) is 3.17. The molecule has 2 aromatic rings. The maximum absolute atomic E-state index is 13.0. The van der Waals surface area contributed by atoms with E-state index in [4.69, 9.17) is 0 Å². The summed E-state index contributed by atoms with van der Waals surface area (Å²) in [5, 5.41) is 2.64. The Kier molecular flexibility index (Phi) is 4.69. The predicted molar refractivity (Wildman–Crippen MR) is 93.1 cm³/mol. The molecular weight excluding hydrogens is 324 g/mol. The lowest BCUT2D eigenvalue weighted by molar-refractivity contribution is -0.114. The van der Waals surface area contributed by atoms with E-state index in [9.17, 15) is 13.2 Å². The van der Waals surface area contributed by atoms with Crippen molar-refractivity contribution in [3.05, 3.63) is 60.2 Å². The van der Waals surface area contributed by atoms with Gasteiger partial charge in [-0.05, 0) is 42.7 Å². The SMILES string of the molecule is CC(=O)Nc1ccc(S(=O)(=O)N2CCC[C@@H]2c2ccccc2)cc1. The van der Waals surface area contributed by atoms with Crippen LogP contribution in [0.2, 0.25) is 0 Å². The lowest BCUT2D eigenvalue weighted by Gasteiger charge is -2.24. The van der Waals surface area contributed by atoms with Crippen molar-refractivity contribution < 1.29 is 13.2 Å². The van der Waals surface area contributed by atoms with Crippen molar-refractivity contribution in [3.8, 4) is 0 Å². The summed E-state index contributed by atoms with van der Waals surface area (Å²) < 4.78 is 27.6. The Morgan fingerprint density at radius 3 is 2.38 bits per heavy atom. The Balaban J connectivity index is 1.88. The van der Waals surface area contributed by atoms with Crippen LogP contribution in [0.3, 0.4) is 0 Å². The first-order valence-corrected chi connectivity index (χ1v) is 9.37. The van der Waals surface area contributed by atoms with Crippen molar-refractivity contribution in [2.75, 3.05) is 11.9 Å². The van der Waals surface area contributed by atoms with Gasteiger partial charge in [-0.2, -0.15) is 4.31 Å². The van der Waals surface area contributed by atoms with E-state index in [0.29, 0.717) is 12.2 Å². The summed E-state index contributed by atoms with van der Waals surface area (Å²) in [5.74, 6) is -0.186. The van der Waals surface area contributed by atoms with Crippen LogP contribution in [0.5, 0.6) is 0 Å². The number of amides is 1. The molecule has 1 atom stereocenters. The molecule has 0 unspecified atom stereocenters. The van der Waals surface area contributed by atoms with Crippen LogP contribution in [0.4, 0.5) is 5.69 Å². The Morgan fingerprint density at radius 1 is 1.08 bits per heavy atom. The van der Waals surface area contributed by atoms with Crippen LogP contribution in [-0.4, -0.2) is 25.2 Å². The lowest BCUT2D eigenvalue weighted by Crippen LogP contribution is -2.30. The molecule has 0 spiro atoms. The third-order valence-corrected chi connectivity index (χ3v) is 6.09. The fourth-order valence-corrected chi connectivity index (χ4v) is 4.77. The molecule has 126 valence electrons. The van der Waals surface area contributed by atoms with Crippen molar-refractivity contribution in [1.82, 2.24) is 4.31 Å². The van der Waals surface area contributed by atoms with E-state index >= 15 is 0 Å². The normalized spacial score (nSPS) is 18.5. The van der Waals surface area contributed by atoms with Crippen LogP contribution in [0, 0.1) is 0 Å². The molecule has 1 heterocycles. The topological polar surface area (TPSA) is 66.5 Å². The smallest absolute Gasteiger partial charge is 0.243 e. The van der Waals surface area contributed by atoms with Crippen molar-refractivity contribution in [3.63, 3.8) is 0 Å². The highest BCUT2D eigenvalue weighted by atomic mass is 32.2. The number of carbonyl (C=O) groups excluding carboxylic acids is 1. The number of anilines is 1. The van der Waals surface area contributed by atoms with Gasteiger partial charge in [-0.3, -0.25) is 4.79 Å². The van der Waals surface area contributed by atoms with E-state index in [-0.39, 0.29) is 16.8 Å². The molecule has 1 N–H and O–H groups in total. The Bertz CT molecular complexity index is 817. The maximum Gasteiger partial charge on any atom is 0.243 e. The molecule has 1 fully saturated rings. The lowest BCUT2D eigenvalue weighted by atomic mass is 10.1. The molecular formula is C18H20N2O3S. The van der Waals surface area contributed by atoms with Crippen molar-refractivity contribution in [2.45, 2.75) is 30.7 Å². The van der Waals surface area contributed by atoms with E-state index in [1.165, 1.54) is 6.92 Å². The Hall–Kier alpha value is -2.18. The number of carbonyl (C=O) groups is 1. The van der Waals surface area contributed by atoms with Gasteiger partial charge in [0.15, 0.2) is 0 Å². The average molecular weight is 344 g/mol. The summed E-state index contributed by atoms with van der Waals surface area (Å²) >= 11 is 0. The summed E-state index contributed by atoms with van der Waals surface area (Å²) in [6.45, 7) is 1.94. The minimum Gasteiger partial charge on any atom is -0.326 e. The maximum atomic E-state index is 13.0. The monoisotopic (exact) mass is 344 g/mol.